The van der Waals surface area contributed by atoms with Crippen LogP contribution in [-0.4, -0.2) is 47.1 Å². The minimum absolute atomic E-state index is 0.439. The highest BCUT2D eigenvalue weighted by Crippen LogP contribution is 2.21. The highest BCUT2D eigenvalue weighted by Gasteiger charge is 2.43. The molecule has 7 heteroatoms. The third-order valence-corrected chi connectivity index (χ3v) is 4.12. The van der Waals surface area contributed by atoms with Crippen molar-refractivity contribution < 1.29 is 19.2 Å². The number of carbonyl (C=O) groups is 4. The molecule has 1 saturated heterocycles. The van der Waals surface area contributed by atoms with Crippen molar-refractivity contribution in [3.8, 4) is 0 Å². The van der Waals surface area contributed by atoms with Crippen LogP contribution in [0.1, 0.15) is 17.2 Å². The molecule has 26 heavy (non-hydrogen) atoms. The number of rotatable bonds is 5. The molecule has 0 saturated carbocycles. The number of imide groups is 2. The molecule has 5 amide bonds. The molecule has 0 spiro atoms. The standard InChI is InChI=1S/C19H17N3O4/c1-21-17(24)18(25)22(19(21)26)12-15(23)20-16(13-8-4-2-5-9-13)14-10-6-3-7-11-14/h2-11,16H,12H2,1H3,(H,20,23). The summed E-state index contributed by atoms with van der Waals surface area (Å²) in [7, 11) is 1.21. The van der Waals surface area contributed by atoms with E-state index in [-0.39, 0.29) is 0 Å². The van der Waals surface area contributed by atoms with Gasteiger partial charge < -0.3 is 5.32 Å². The van der Waals surface area contributed by atoms with Gasteiger partial charge >= 0.3 is 17.8 Å². The smallest absolute Gasteiger partial charge is 0.334 e. The van der Waals surface area contributed by atoms with Crippen LogP contribution in [0.2, 0.25) is 0 Å². The number of hydrogen-bond acceptors (Lipinski definition) is 4. The first-order valence-electron chi connectivity index (χ1n) is 8.02. The summed E-state index contributed by atoms with van der Waals surface area (Å²) in [4.78, 5) is 49.1. The van der Waals surface area contributed by atoms with E-state index in [4.69, 9.17) is 0 Å². The van der Waals surface area contributed by atoms with Crippen molar-refractivity contribution in [1.82, 2.24) is 15.1 Å². The Morgan fingerprint density at radius 1 is 0.885 bits per heavy atom. The molecule has 2 aromatic rings. The first-order valence-corrected chi connectivity index (χ1v) is 8.02. The van der Waals surface area contributed by atoms with Crippen LogP contribution >= 0.6 is 0 Å². The molecule has 0 aromatic heterocycles. The molecule has 0 aliphatic carbocycles. The second kappa shape index (κ2) is 7.18. The maximum Gasteiger partial charge on any atom is 0.334 e. The molecule has 1 N–H and O–H groups in total. The first-order chi connectivity index (χ1) is 12.5. The number of nitrogens with zero attached hydrogens (tertiary/aromatic N) is 2. The Kier molecular flexibility index (Phi) is 4.79. The number of nitrogens with one attached hydrogen (secondary N) is 1. The fraction of sp³-hybridized carbons (Fsp3) is 0.158. The highest BCUT2D eigenvalue weighted by atomic mass is 16.2. The zero-order chi connectivity index (χ0) is 18.7. The van der Waals surface area contributed by atoms with Crippen molar-refractivity contribution in [2.75, 3.05) is 13.6 Å². The van der Waals surface area contributed by atoms with E-state index in [1.54, 1.807) is 0 Å². The number of amides is 5. The van der Waals surface area contributed by atoms with Gasteiger partial charge in [-0.1, -0.05) is 60.7 Å². The molecule has 132 valence electrons. The van der Waals surface area contributed by atoms with Crippen LogP contribution in [0, 0.1) is 0 Å². The third kappa shape index (κ3) is 3.32. The lowest BCUT2D eigenvalue weighted by Crippen LogP contribution is -2.42. The maximum absolute atomic E-state index is 12.5. The van der Waals surface area contributed by atoms with E-state index >= 15 is 0 Å². The fourth-order valence-electron chi connectivity index (χ4n) is 2.75. The Hall–Kier alpha value is -3.48. The van der Waals surface area contributed by atoms with Gasteiger partial charge in [0.2, 0.25) is 5.91 Å². The van der Waals surface area contributed by atoms with Crippen molar-refractivity contribution >= 4 is 23.8 Å². The second-order valence-corrected chi connectivity index (χ2v) is 5.86. The molecule has 1 aliphatic heterocycles. The van der Waals surface area contributed by atoms with Crippen molar-refractivity contribution in [2.45, 2.75) is 6.04 Å². The molecule has 3 rings (SSSR count). The first kappa shape index (κ1) is 17.3. The number of urea groups is 1. The summed E-state index contributed by atoms with van der Waals surface area (Å²) in [6, 6.07) is 17.4. The molecule has 0 atom stereocenters. The topological polar surface area (TPSA) is 86.8 Å². The van der Waals surface area contributed by atoms with Crippen LogP contribution in [0.15, 0.2) is 60.7 Å². The van der Waals surface area contributed by atoms with Gasteiger partial charge in [0.25, 0.3) is 0 Å². The number of hydrogen-bond donors (Lipinski definition) is 1. The Balaban J connectivity index is 1.79. The molecule has 0 bridgehead atoms. The Morgan fingerprint density at radius 3 is 1.81 bits per heavy atom. The van der Waals surface area contributed by atoms with Crippen molar-refractivity contribution in [3.63, 3.8) is 0 Å². The molecule has 1 fully saturated rings. The van der Waals surface area contributed by atoms with E-state index in [2.05, 4.69) is 5.32 Å². The van der Waals surface area contributed by atoms with Gasteiger partial charge in [0, 0.05) is 7.05 Å². The molecule has 1 heterocycles. The Bertz CT molecular complexity index is 812. The lowest BCUT2D eigenvalue weighted by molar-refractivity contribution is -0.143. The molecular weight excluding hydrogens is 334 g/mol. The summed E-state index contributed by atoms with van der Waals surface area (Å²) in [5.74, 6) is -2.47. The average molecular weight is 351 g/mol. The van der Waals surface area contributed by atoms with E-state index in [0.29, 0.717) is 9.80 Å². The lowest BCUT2D eigenvalue weighted by Gasteiger charge is -2.21. The average Bonchev–Trinajstić information content (AvgIpc) is 2.85. The Labute approximate surface area is 150 Å². The predicted octanol–water partition coefficient (Wildman–Crippen LogP) is 1.31. The second-order valence-electron chi connectivity index (χ2n) is 5.86. The SMILES string of the molecule is CN1C(=O)C(=O)N(CC(=O)NC(c2ccccc2)c2ccccc2)C1=O. The summed E-state index contributed by atoms with van der Waals surface area (Å²) in [5.41, 5.74) is 1.72. The van der Waals surface area contributed by atoms with Crippen LogP contribution in [-0.2, 0) is 14.4 Å². The molecule has 0 radical (unpaired) electrons. The largest absolute Gasteiger partial charge is 0.344 e. The minimum Gasteiger partial charge on any atom is -0.344 e. The summed E-state index contributed by atoms with van der Waals surface area (Å²) >= 11 is 0. The molecule has 7 nitrogen and oxygen atoms in total. The summed E-state index contributed by atoms with van der Waals surface area (Å²) in [6.07, 6.45) is 0. The maximum atomic E-state index is 12.5. The van der Waals surface area contributed by atoms with E-state index in [0.717, 1.165) is 11.1 Å². The van der Waals surface area contributed by atoms with Crippen molar-refractivity contribution in [2.24, 2.45) is 0 Å². The van der Waals surface area contributed by atoms with Gasteiger partial charge in [-0.15, -0.1) is 0 Å². The number of carbonyl (C=O) groups excluding carboxylic acids is 4. The monoisotopic (exact) mass is 351 g/mol. The van der Waals surface area contributed by atoms with Crippen LogP contribution < -0.4 is 5.32 Å². The summed E-state index contributed by atoms with van der Waals surface area (Å²) in [6.45, 7) is -0.510. The van der Waals surface area contributed by atoms with Gasteiger partial charge in [0.1, 0.15) is 6.54 Å². The molecular formula is C19H17N3O4. The van der Waals surface area contributed by atoms with Gasteiger partial charge in [0.15, 0.2) is 0 Å². The van der Waals surface area contributed by atoms with Crippen LogP contribution in [0.3, 0.4) is 0 Å². The zero-order valence-electron chi connectivity index (χ0n) is 14.1. The minimum atomic E-state index is -0.997. The zero-order valence-corrected chi connectivity index (χ0v) is 14.1. The highest BCUT2D eigenvalue weighted by molar-refractivity contribution is 6.44. The Morgan fingerprint density at radius 2 is 1.38 bits per heavy atom. The molecule has 2 aromatic carbocycles. The van der Waals surface area contributed by atoms with Gasteiger partial charge in [-0.05, 0) is 11.1 Å². The molecule has 1 aliphatic rings. The van der Waals surface area contributed by atoms with Crippen molar-refractivity contribution in [3.05, 3.63) is 71.8 Å². The number of likely N-dealkylation sites (N-methyl/N-ethyl adjacent to an activating group) is 1. The van der Waals surface area contributed by atoms with Gasteiger partial charge in [-0.25, -0.2) is 9.69 Å². The van der Waals surface area contributed by atoms with Gasteiger partial charge in [-0.2, -0.15) is 0 Å². The van der Waals surface area contributed by atoms with E-state index in [1.807, 2.05) is 60.7 Å². The van der Waals surface area contributed by atoms with E-state index < -0.39 is 36.3 Å². The van der Waals surface area contributed by atoms with E-state index in [9.17, 15) is 19.2 Å². The third-order valence-electron chi connectivity index (χ3n) is 4.12. The van der Waals surface area contributed by atoms with Crippen LogP contribution in [0.5, 0.6) is 0 Å². The fourth-order valence-corrected chi connectivity index (χ4v) is 2.75. The van der Waals surface area contributed by atoms with E-state index in [1.165, 1.54) is 7.05 Å². The number of benzene rings is 2. The predicted molar refractivity (Wildman–Crippen MR) is 92.7 cm³/mol. The summed E-state index contributed by atoms with van der Waals surface area (Å²) in [5, 5.41) is 2.83. The van der Waals surface area contributed by atoms with Crippen LogP contribution in [0.4, 0.5) is 4.79 Å². The quantitative estimate of drug-likeness (QED) is 0.650. The van der Waals surface area contributed by atoms with Crippen molar-refractivity contribution in [1.29, 1.82) is 0 Å². The van der Waals surface area contributed by atoms with Gasteiger partial charge in [0.05, 0.1) is 6.04 Å². The van der Waals surface area contributed by atoms with Gasteiger partial charge in [-0.3, -0.25) is 19.3 Å². The normalized spacial score (nSPS) is 14.3. The molecule has 0 unspecified atom stereocenters. The summed E-state index contributed by atoms with van der Waals surface area (Å²) < 4.78 is 0. The van der Waals surface area contributed by atoms with Crippen LogP contribution in [0.25, 0.3) is 0 Å². The lowest BCUT2D eigenvalue weighted by atomic mass is 9.99.